The molecule has 0 amide bonds. The van der Waals surface area contributed by atoms with Gasteiger partial charge in [-0.15, -0.1) is 0 Å². The predicted octanol–water partition coefficient (Wildman–Crippen LogP) is 3.91. The minimum Gasteiger partial charge on any atom is -0.0783 e. The average molecular weight is 270 g/mol. The molecule has 1 aliphatic carbocycles. The summed E-state index contributed by atoms with van der Waals surface area (Å²) in [5.74, 6) is 0. The summed E-state index contributed by atoms with van der Waals surface area (Å²) >= 11 is 0. The number of hydrogen-bond donors (Lipinski definition) is 0. The van der Waals surface area contributed by atoms with Crippen molar-refractivity contribution in [2.45, 2.75) is 47.0 Å². The third-order valence-electron chi connectivity index (χ3n) is 3.80. The van der Waals surface area contributed by atoms with Gasteiger partial charge >= 0.3 is 0 Å². The van der Waals surface area contributed by atoms with Crippen LogP contribution in [0.5, 0.6) is 0 Å². The summed E-state index contributed by atoms with van der Waals surface area (Å²) in [5, 5.41) is 3.29. The fourth-order valence-electron chi connectivity index (χ4n) is 2.97. The van der Waals surface area contributed by atoms with Crippen molar-refractivity contribution < 1.29 is 0 Å². The monoisotopic (exact) mass is 270 g/mol. The molecule has 0 bridgehead atoms. The average Bonchev–Trinajstić information content (AvgIpc) is 2.74. The molecule has 0 unspecified atom stereocenters. The molecule has 19 heavy (non-hydrogen) atoms. The van der Waals surface area contributed by atoms with Crippen LogP contribution in [-0.4, -0.2) is 9.52 Å². The maximum atomic E-state index is 2.53. The lowest BCUT2D eigenvalue weighted by atomic mass is 9.84. The molecule has 0 spiro atoms. The van der Waals surface area contributed by atoms with Crippen LogP contribution in [-0.2, 0) is 0 Å². The number of hydrogen-bond acceptors (Lipinski definition) is 0. The highest BCUT2D eigenvalue weighted by atomic mass is 28.2. The van der Waals surface area contributed by atoms with Crippen LogP contribution >= 0.6 is 0 Å². The maximum absolute atomic E-state index is 2.53. The van der Waals surface area contributed by atoms with E-state index in [2.05, 4.69) is 64.1 Å². The minimum absolute atomic E-state index is 0.254. The molecule has 0 saturated carbocycles. The Kier molecular flexibility index (Phi) is 4.46. The Balaban J connectivity index is 2.15. The van der Waals surface area contributed by atoms with Gasteiger partial charge < -0.3 is 0 Å². The van der Waals surface area contributed by atoms with E-state index in [1.165, 1.54) is 19.3 Å². The number of allylic oxidation sites excluding steroid dienone is 4. The molecule has 0 heterocycles. The summed E-state index contributed by atoms with van der Waals surface area (Å²) in [4.78, 5) is 0. The summed E-state index contributed by atoms with van der Waals surface area (Å²) in [6.07, 6.45) is 6.32. The Hall–Kier alpha value is -1.08. The SMILES string of the molecule is CCCC1=C(C(C)(C)C)C=C([SiH2]c2ccccc2)C1. The van der Waals surface area contributed by atoms with Crippen LogP contribution in [0.25, 0.3) is 0 Å². The molecule has 1 aromatic rings. The highest BCUT2D eigenvalue weighted by molar-refractivity contribution is 6.61. The van der Waals surface area contributed by atoms with E-state index in [9.17, 15) is 0 Å². The lowest BCUT2D eigenvalue weighted by Crippen LogP contribution is -2.15. The van der Waals surface area contributed by atoms with Gasteiger partial charge in [-0.25, -0.2) is 0 Å². The molecular weight excluding hydrogens is 244 g/mol. The zero-order chi connectivity index (χ0) is 13.9. The molecule has 102 valence electrons. The first kappa shape index (κ1) is 14.3. The van der Waals surface area contributed by atoms with E-state index in [4.69, 9.17) is 0 Å². The molecule has 0 saturated heterocycles. The van der Waals surface area contributed by atoms with Crippen molar-refractivity contribution >= 4 is 14.7 Å². The van der Waals surface area contributed by atoms with Gasteiger partial charge in [-0.3, -0.25) is 0 Å². The molecule has 0 nitrogen and oxygen atoms in total. The van der Waals surface area contributed by atoms with E-state index < -0.39 is 0 Å². The first-order valence-corrected chi connectivity index (χ1v) is 8.88. The molecule has 0 radical (unpaired) electrons. The largest absolute Gasteiger partial charge is 0.0828 e. The van der Waals surface area contributed by atoms with Gasteiger partial charge in [0.15, 0.2) is 0 Å². The third kappa shape index (κ3) is 3.70. The molecule has 0 atom stereocenters. The second-order valence-corrected chi connectivity index (χ2v) is 8.74. The van der Waals surface area contributed by atoms with Crippen LogP contribution in [0.3, 0.4) is 0 Å². The first-order valence-electron chi connectivity index (χ1n) is 7.46. The van der Waals surface area contributed by atoms with E-state index in [1.54, 1.807) is 21.5 Å². The lowest BCUT2D eigenvalue weighted by molar-refractivity contribution is 0.510. The van der Waals surface area contributed by atoms with E-state index in [0.29, 0.717) is 5.41 Å². The second kappa shape index (κ2) is 5.92. The number of rotatable bonds is 4. The Morgan fingerprint density at radius 3 is 2.37 bits per heavy atom. The summed E-state index contributed by atoms with van der Waals surface area (Å²) in [7, 11) is -0.254. The van der Waals surface area contributed by atoms with Crippen molar-refractivity contribution in [3.8, 4) is 0 Å². The first-order chi connectivity index (χ1) is 9.00. The van der Waals surface area contributed by atoms with Crippen molar-refractivity contribution in [1.29, 1.82) is 0 Å². The Morgan fingerprint density at radius 1 is 1.11 bits per heavy atom. The lowest BCUT2D eigenvalue weighted by Gasteiger charge is -2.21. The van der Waals surface area contributed by atoms with Gasteiger partial charge in [0.05, 0.1) is 9.52 Å². The quantitative estimate of drug-likeness (QED) is 0.728. The van der Waals surface area contributed by atoms with Gasteiger partial charge in [0.25, 0.3) is 0 Å². The van der Waals surface area contributed by atoms with E-state index in [1.807, 2.05) is 0 Å². The van der Waals surface area contributed by atoms with Crippen LogP contribution in [0.2, 0.25) is 0 Å². The van der Waals surface area contributed by atoms with Crippen molar-refractivity contribution in [3.05, 3.63) is 52.8 Å². The van der Waals surface area contributed by atoms with Crippen molar-refractivity contribution in [3.63, 3.8) is 0 Å². The van der Waals surface area contributed by atoms with Crippen molar-refractivity contribution in [2.24, 2.45) is 5.41 Å². The summed E-state index contributed by atoms with van der Waals surface area (Å²) in [6.45, 7) is 9.34. The molecule has 1 aliphatic rings. The molecule has 0 N–H and O–H groups in total. The second-order valence-electron chi connectivity index (χ2n) is 6.66. The molecule has 0 aromatic heterocycles. The van der Waals surface area contributed by atoms with Crippen molar-refractivity contribution in [2.75, 3.05) is 0 Å². The normalized spacial score (nSPS) is 16.5. The molecule has 0 fully saturated rings. The smallest absolute Gasteiger partial charge is 0.0783 e. The molecule has 0 aliphatic heterocycles. The Morgan fingerprint density at radius 2 is 1.79 bits per heavy atom. The van der Waals surface area contributed by atoms with Crippen LogP contribution in [0, 0.1) is 5.41 Å². The van der Waals surface area contributed by atoms with Crippen LogP contribution in [0.1, 0.15) is 47.0 Å². The Bertz CT molecular complexity index is 486. The zero-order valence-corrected chi connectivity index (χ0v) is 14.2. The van der Waals surface area contributed by atoms with Gasteiger partial charge in [0.2, 0.25) is 0 Å². The van der Waals surface area contributed by atoms with Gasteiger partial charge in [0, 0.05) is 0 Å². The van der Waals surface area contributed by atoms with E-state index in [-0.39, 0.29) is 9.52 Å². The summed E-state index contributed by atoms with van der Waals surface area (Å²) < 4.78 is 0. The minimum atomic E-state index is -0.254. The molecule has 1 aromatic carbocycles. The third-order valence-corrected chi connectivity index (χ3v) is 5.59. The van der Waals surface area contributed by atoms with Crippen LogP contribution in [0.15, 0.2) is 52.8 Å². The van der Waals surface area contributed by atoms with Gasteiger partial charge in [-0.05, 0) is 23.8 Å². The van der Waals surface area contributed by atoms with Gasteiger partial charge in [0.1, 0.15) is 0 Å². The Labute approximate surface area is 120 Å². The van der Waals surface area contributed by atoms with Crippen LogP contribution in [0.4, 0.5) is 0 Å². The maximum Gasteiger partial charge on any atom is 0.0828 e. The highest BCUT2D eigenvalue weighted by Gasteiger charge is 2.24. The summed E-state index contributed by atoms with van der Waals surface area (Å²) in [5.41, 5.74) is 3.62. The standard InChI is InChI=1S/C18H26Si/c1-5-9-14-12-16(13-17(14)18(2,3)4)19-15-10-7-6-8-11-15/h6-8,10-11,13H,5,9,12,19H2,1-4H3. The fraction of sp³-hybridized carbons (Fsp3) is 0.444. The predicted molar refractivity (Wildman–Crippen MR) is 88.7 cm³/mol. The molecule has 1 heteroatoms. The van der Waals surface area contributed by atoms with E-state index in [0.717, 1.165) is 0 Å². The molecule has 2 rings (SSSR count). The van der Waals surface area contributed by atoms with Gasteiger partial charge in [-0.1, -0.05) is 86.5 Å². The topological polar surface area (TPSA) is 0 Å². The van der Waals surface area contributed by atoms with Gasteiger partial charge in [-0.2, -0.15) is 0 Å². The zero-order valence-electron chi connectivity index (χ0n) is 12.8. The number of benzene rings is 1. The summed E-state index contributed by atoms with van der Waals surface area (Å²) in [6, 6.07) is 11.0. The van der Waals surface area contributed by atoms with E-state index >= 15 is 0 Å². The molecular formula is C18H26Si. The highest BCUT2D eigenvalue weighted by Crippen LogP contribution is 2.38. The fourth-order valence-corrected chi connectivity index (χ4v) is 4.73. The van der Waals surface area contributed by atoms with Crippen LogP contribution < -0.4 is 5.19 Å². The van der Waals surface area contributed by atoms with Crippen molar-refractivity contribution in [1.82, 2.24) is 0 Å².